The van der Waals surface area contributed by atoms with E-state index in [9.17, 15) is 4.79 Å². The maximum atomic E-state index is 11.0. The number of carboxylic acids is 1. The van der Waals surface area contributed by atoms with E-state index in [1.54, 1.807) is 12.4 Å². The molecule has 2 heterocycles. The smallest absolute Gasteiger partial charge is 0.354 e. The van der Waals surface area contributed by atoms with Crippen molar-refractivity contribution in [2.75, 3.05) is 7.11 Å². The van der Waals surface area contributed by atoms with E-state index in [0.29, 0.717) is 11.3 Å². The monoisotopic (exact) mass is 244 g/mol. The van der Waals surface area contributed by atoms with Crippen LogP contribution in [-0.2, 0) is 0 Å². The maximum absolute atomic E-state index is 11.0. The van der Waals surface area contributed by atoms with Crippen LogP contribution in [0, 0.1) is 6.92 Å². The number of aromatic nitrogens is 2. The molecule has 18 heavy (non-hydrogen) atoms. The quantitative estimate of drug-likeness (QED) is 0.895. The maximum Gasteiger partial charge on any atom is 0.354 e. The molecule has 92 valence electrons. The molecule has 0 aliphatic rings. The lowest BCUT2D eigenvalue weighted by Gasteiger charge is -2.10. The van der Waals surface area contributed by atoms with Gasteiger partial charge in [-0.1, -0.05) is 0 Å². The Kier molecular flexibility index (Phi) is 3.23. The number of hydrogen-bond donors (Lipinski definition) is 1. The predicted octanol–water partition coefficient (Wildman–Crippen LogP) is 2.16. The summed E-state index contributed by atoms with van der Waals surface area (Å²) < 4.78 is 5.21. The van der Waals surface area contributed by atoms with Gasteiger partial charge in [0.25, 0.3) is 0 Å². The highest BCUT2D eigenvalue weighted by Gasteiger charge is 2.13. The van der Waals surface area contributed by atoms with Crippen molar-refractivity contribution in [2.24, 2.45) is 0 Å². The van der Waals surface area contributed by atoms with Crippen LogP contribution < -0.4 is 4.74 Å². The van der Waals surface area contributed by atoms with Gasteiger partial charge in [0, 0.05) is 23.5 Å². The zero-order valence-electron chi connectivity index (χ0n) is 10.0. The lowest BCUT2D eigenvalue weighted by Crippen LogP contribution is -2.02. The second kappa shape index (κ2) is 4.83. The fraction of sp³-hybridized carbons (Fsp3) is 0.154. The molecular weight excluding hydrogens is 232 g/mol. The largest absolute Gasteiger partial charge is 0.494 e. The van der Waals surface area contributed by atoms with Crippen molar-refractivity contribution >= 4 is 5.97 Å². The van der Waals surface area contributed by atoms with E-state index >= 15 is 0 Å². The first-order valence-electron chi connectivity index (χ1n) is 5.32. The number of methoxy groups -OCH3 is 1. The van der Waals surface area contributed by atoms with E-state index < -0.39 is 5.97 Å². The van der Waals surface area contributed by atoms with Gasteiger partial charge in [-0.15, -0.1) is 0 Å². The molecule has 0 atom stereocenters. The Hall–Kier alpha value is -2.43. The fourth-order valence-electron chi connectivity index (χ4n) is 1.68. The molecule has 2 aromatic heterocycles. The second-order valence-electron chi connectivity index (χ2n) is 3.77. The van der Waals surface area contributed by atoms with Crippen molar-refractivity contribution in [1.82, 2.24) is 9.97 Å². The molecule has 0 aromatic carbocycles. The molecule has 0 saturated carbocycles. The molecule has 0 radical (unpaired) electrons. The van der Waals surface area contributed by atoms with Gasteiger partial charge in [-0.05, 0) is 24.6 Å². The third kappa shape index (κ3) is 2.15. The first kappa shape index (κ1) is 12.0. The normalized spacial score (nSPS) is 10.1. The van der Waals surface area contributed by atoms with Crippen molar-refractivity contribution in [3.8, 4) is 16.9 Å². The third-order valence-corrected chi connectivity index (χ3v) is 2.64. The number of nitrogens with zero attached hydrogens (tertiary/aromatic N) is 2. The summed E-state index contributed by atoms with van der Waals surface area (Å²) in [6.07, 6.45) is 4.77. The minimum absolute atomic E-state index is 0.0194. The van der Waals surface area contributed by atoms with Gasteiger partial charge >= 0.3 is 5.97 Å². The van der Waals surface area contributed by atoms with E-state index in [0.717, 1.165) is 11.1 Å². The van der Waals surface area contributed by atoms with Crippen LogP contribution in [0.2, 0.25) is 0 Å². The first-order valence-corrected chi connectivity index (χ1v) is 5.32. The Morgan fingerprint density at radius 1 is 1.33 bits per heavy atom. The zero-order valence-corrected chi connectivity index (χ0v) is 10.0. The number of hydrogen-bond acceptors (Lipinski definition) is 4. The van der Waals surface area contributed by atoms with Gasteiger partial charge in [-0.3, -0.25) is 4.98 Å². The van der Waals surface area contributed by atoms with Crippen molar-refractivity contribution in [2.45, 2.75) is 6.92 Å². The Morgan fingerprint density at radius 2 is 2.11 bits per heavy atom. The van der Waals surface area contributed by atoms with Gasteiger partial charge in [0.05, 0.1) is 13.3 Å². The Labute approximate surface area is 104 Å². The molecule has 0 unspecified atom stereocenters. The number of ether oxygens (including phenoxy) is 1. The molecule has 0 aliphatic carbocycles. The van der Waals surface area contributed by atoms with E-state index in [-0.39, 0.29) is 5.69 Å². The highest BCUT2D eigenvalue weighted by atomic mass is 16.5. The molecule has 5 nitrogen and oxygen atoms in total. The highest BCUT2D eigenvalue weighted by molar-refractivity contribution is 5.88. The summed E-state index contributed by atoms with van der Waals surface area (Å²) in [5.41, 5.74) is 2.48. The SMILES string of the molecule is COc1cnc(C(=O)O)cc1-c1cnccc1C. The van der Waals surface area contributed by atoms with Crippen LogP contribution in [0.4, 0.5) is 0 Å². The van der Waals surface area contributed by atoms with Crippen LogP contribution in [0.3, 0.4) is 0 Å². The summed E-state index contributed by atoms with van der Waals surface area (Å²) >= 11 is 0. The molecule has 0 fully saturated rings. The molecule has 0 spiro atoms. The zero-order chi connectivity index (χ0) is 13.1. The Bertz CT molecular complexity index is 597. The Balaban J connectivity index is 2.64. The molecule has 2 rings (SSSR count). The van der Waals surface area contributed by atoms with E-state index in [1.165, 1.54) is 19.4 Å². The highest BCUT2D eigenvalue weighted by Crippen LogP contribution is 2.31. The van der Waals surface area contributed by atoms with Crippen molar-refractivity contribution in [3.05, 3.63) is 42.0 Å². The summed E-state index contributed by atoms with van der Waals surface area (Å²) in [7, 11) is 1.52. The fourth-order valence-corrected chi connectivity index (χ4v) is 1.68. The van der Waals surface area contributed by atoms with Crippen LogP contribution in [0.5, 0.6) is 5.75 Å². The molecule has 0 bridgehead atoms. The van der Waals surface area contributed by atoms with Gasteiger partial charge < -0.3 is 9.84 Å². The number of carboxylic acid groups (broad SMARTS) is 1. The van der Waals surface area contributed by atoms with Crippen molar-refractivity contribution in [1.29, 1.82) is 0 Å². The molecule has 0 aliphatic heterocycles. The van der Waals surface area contributed by atoms with Crippen molar-refractivity contribution < 1.29 is 14.6 Å². The summed E-state index contributed by atoms with van der Waals surface area (Å²) in [5.74, 6) is -0.545. The molecule has 0 amide bonds. The molecule has 0 saturated heterocycles. The van der Waals surface area contributed by atoms with Gasteiger partial charge in [-0.2, -0.15) is 0 Å². The van der Waals surface area contributed by atoms with Crippen molar-refractivity contribution in [3.63, 3.8) is 0 Å². The van der Waals surface area contributed by atoms with Crippen LogP contribution in [0.15, 0.2) is 30.7 Å². The number of carbonyl (C=O) groups is 1. The first-order chi connectivity index (χ1) is 8.63. The van der Waals surface area contributed by atoms with Gasteiger partial charge in [0.15, 0.2) is 0 Å². The topological polar surface area (TPSA) is 72.3 Å². The molecule has 2 aromatic rings. The predicted molar refractivity (Wildman–Crippen MR) is 65.7 cm³/mol. The number of aromatic carboxylic acids is 1. The van der Waals surface area contributed by atoms with Crippen LogP contribution in [-0.4, -0.2) is 28.2 Å². The van der Waals surface area contributed by atoms with Crippen LogP contribution >= 0.6 is 0 Å². The lowest BCUT2D eigenvalue weighted by molar-refractivity contribution is 0.0690. The summed E-state index contributed by atoms with van der Waals surface area (Å²) in [5, 5.41) is 8.97. The van der Waals surface area contributed by atoms with Crippen LogP contribution in [0.1, 0.15) is 16.1 Å². The molecule has 5 heteroatoms. The average Bonchev–Trinajstić information content (AvgIpc) is 2.38. The molecular formula is C13H12N2O3. The van der Waals surface area contributed by atoms with E-state index in [4.69, 9.17) is 9.84 Å². The summed E-state index contributed by atoms with van der Waals surface area (Å²) in [6, 6.07) is 3.35. The third-order valence-electron chi connectivity index (χ3n) is 2.64. The second-order valence-corrected chi connectivity index (χ2v) is 3.77. The van der Waals surface area contributed by atoms with E-state index in [2.05, 4.69) is 9.97 Å². The number of rotatable bonds is 3. The number of pyridine rings is 2. The van der Waals surface area contributed by atoms with E-state index in [1.807, 2.05) is 13.0 Å². The van der Waals surface area contributed by atoms with Gasteiger partial charge in [0.2, 0.25) is 0 Å². The average molecular weight is 244 g/mol. The minimum atomic E-state index is -1.07. The van der Waals surface area contributed by atoms with Gasteiger partial charge in [-0.25, -0.2) is 9.78 Å². The molecule has 1 N–H and O–H groups in total. The summed E-state index contributed by atoms with van der Waals surface area (Å²) in [4.78, 5) is 18.8. The van der Waals surface area contributed by atoms with Crippen LogP contribution in [0.25, 0.3) is 11.1 Å². The standard InChI is InChI=1S/C13H12N2O3/c1-8-3-4-14-6-10(8)9-5-11(13(16)17)15-7-12(9)18-2/h3-7H,1-2H3,(H,16,17). The number of aryl methyl sites for hydroxylation is 1. The lowest BCUT2D eigenvalue weighted by atomic mass is 10.0. The summed E-state index contributed by atoms with van der Waals surface area (Å²) in [6.45, 7) is 1.93. The minimum Gasteiger partial charge on any atom is -0.494 e. The van der Waals surface area contributed by atoms with Gasteiger partial charge in [0.1, 0.15) is 11.4 Å². The Morgan fingerprint density at radius 3 is 2.72 bits per heavy atom.